The van der Waals surface area contributed by atoms with E-state index in [1.54, 1.807) is 13.2 Å². The van der Waals surface area contributed by atoms with Gasteiger partial charge in [0.05, 0.1) is 17.3 Å². The van der Waals surface area contributed by atoms with Crippen LogP contribution in [0.5, 0.6) is 0 Å². The zero-order chi connectivity index (χ0) is 11.3. The van der Waals surface area contributed by atoms with Gasteiger partial charge in [-0.15, -0.1) is 0 Å². The monoisotopic (exact) mass is 291 g/mol. The van der Waals surface area contributed by atoms with Crippen LogP contribution in [0.2, 0.25) is 0 Å². The summed E-state index contributed by atoms with van der Waals surface area (Å²) < 4.78 is 5.29. The first kappa shape index (κ1) is 12.3. The lowest BCUT2D eigenvalue weighted by Gasteiger charge is -2.04. The maximum absolute atomic E-state index is 10.9. The molecule has 0 bridgehead atoms. The predicted molar refractivity (Wildman–Crippen MR) is 62.0 cm³/mol. The number of esters is 1. The second-order valence-electron chi connectivity index (χ2n) is 2.46. The number of methoxy groups -OCH3 is 1. The largest absolute Gasteiger partial charge is 0.468 e. The number of rotatable bonds is 4. The Balaban J connectivity index is 2.70. The summed E-state index contributed by atoms with van der Waals surface area (Å²) in [6.45, 7) is 0. The van der Waals surface area contributed by atoms with Gasteiger partial charge in [-0.3, -0.25) is 4.79 Å². The number of aromatic nitrogens is 2. The summed E-state index contributed by atoms with van der Waals surface area (Å²) in [7, 11) is 3.09. The highest BCUT2D eigenvalue weighted by molar-refractivity contribution is 9.10. The SMILES string of the molecule is CNc1ncc(Br)c(SCC(=O)OC)n1. The Bertz CT molecular complexity index is 362. The van der Waals surface area contributed by atoms with Crippen molar-refractivity contribution in [2.45, 2.75) is 5.03 Å². The van der Waals surface area contributed by atoms with Crippen LogP contribution in [0.3, 0.4) is 0 Å². The summed E-state index contributed by atoms with van der Waals surface area (Å²) in [6.07, 6.45) is 1.64. The van der Waals surface area contributed by atoms with E-state index in [0.29, 0.717) is 11.0 Å². The van der Waals surface area contributed by atoms with E-state index in [9.17, 15) is 4.79 Å². The van der Waals surface area contributed by atoms with Crippen LogP contribution >= 0.6 is 27.7 Å². The van der Waals surface area contributed by atoms with Gasteiger partial charge in [0.15, 0.2) is 0 Å². The number of hydrogen-bond donors (Lipinski definition) is 1. The molecule has 82 valence electrons. The Kier molecular flexibility index (Phi) is 4.83. The first-order chi connectivity index (χ1) is 7.17. The standard InChI is InChI=1S/C8H10BrN3O2S/c1-10-8-11-3-5(9)7(12-8)15-4-6(13)14-2/h3H,4H2,1-2H3,(H,10,11,12). The van der Waals surface area contributed by atoms with Crippen LogP contribution in [0, 0.1) is 0 Å². The van der Waals surface area contributed by atoms with Crippen LogP contribution in [0.4, 0.5) is 5.95 Å². The normalized spacial score (nSPS) is 9.80. The van der Waals surface area contributed by atoms with Gasteiger partial charge in [-0.25, -0.2) is 9.97 Å². The molecule has 0 aliphatic heterocycles. The number of ether oxygens (including phenoxy) is 1. The zero-order valence-corrected chi connectivity index (χ0v) is 10.7. The molecule has 1 N–H and O–H groups in total. The molecule has 1 aromatic rings. The molecule has 5 nitrogen and oxygen atoms in total. The fraction of sp³-hybridized carbons (Fsp3) is 0.375. The van der Waals surface area contributed by atoms with Crippen molar-refractivity contribution in [1.29, 1.82) is 0 Å². The van der Waals surface area contributed by atoms with Gasteiger partial charge < -0.3 is 10.1 Å². The van der Waals surface area contributed by atoms with Crippen molar-refractivity contribution in [2.75, 3.05) is 25.2 Å². The van der Waals surface area contributed by atoms with Gasteiger partial charge in [-0.1, -0.05) is 11.8 Å². The van der Waals surface area contributed by atoms with Gasteiger partial charge >= 0.3 is 5.97 Å². The second-order valence-corrected chi connectivity index (χ2v) is 4.28. The molecule has 1 aromatic heterocycles. The lowest BCUT2D eigenvalue weighted by atomic mass is 10.7. The highest BCUT2D eigenvalue weighted by Crippen LogP contribution is 2.25. The van der Waals surface area contributed by atoms with E-state index in [0.717, 1.165) is 4.47 Å². The molecule has 1 heterocycles. The first-order valence-electron chi connectivity index (χ1n) is 4.07. The lowest BCUT2D eigenvalue weighted by molar-refractivity contribution is -0.137. The molecule has 0 amide bonds. The zero-order valence-electron chi connectivity index (χ0n) is 8.28. The average molecular weight is 292 g/mol. The predicted octanol–water partition coefficient (Wildman–Crippen LogP) is 1.55. The molecule has 0 aliphatic rings. The van der Waals surface area contributed by atoms with E-state index in [4.69, 9.17) is 0 Å². The third-order valence-corrected chi connectivity index (χ3v) is 3.30. The summed E-state index contributed by atoms with van der Waals surface area (Å²) in [5, 5.41) is 3.53. The molecule has 7 heteroatoms. The van der Waals surface area contributed by atoms with Crippen molar-refractivity contribution in [1.82, 2.24) is 9.97 Å². The second kappa shape index (κ2) is 5.92. The molecule has 1 rings (SSSR count). The van der Waals surface area contributed by atoms with E-state index >= 15 is 0 Å². The van der Waals surface area contributed by atoms with Crippen molar-refractivity contribution in [2.24, 2.45) is 0 Å². The molecule has 0 aliphatic carbocycles. The summed E-state index contributed by atoms with van der Waals surface area (Å²) >= 11 is 4.60. The molecule has 0 aromatic carbocycles. The first-order valence-corrected chi connectivity index (χ1v) is 5.85. The summed E-state index contributed by atoms with van der Waals surface area (Å²) in [4.78, 5) is 19.1. The Labute approximate surface area is 100 Å². The minimum atomic E-state index is -0.281. The average Bonchev–Trinajstić information content (AvgIpc) is 2.27. The molecule has 0 fully saturated rings. The van der Waals surface area contributed by atoms with Crippen LogP contribution in [-0.4, -0.2) is 35.8 Å². The number of hydrogen-bond acceptors (Lipinski definition) is 6. The van der Waals surface area contributed by atoms with Crippen molar-refractivity contribution >= 4 is 39.6 Å². The molecule has 0 saturated carbocycles. The molecule has 0 unspecified atom stereocenters. The fourth-order valence-electron chi connectivity index (χ4n) is 0.759. The number of nitrogens with zero attached hydrogens (tertiary/aromatic N) is 2. The fourth-order valence-corrected chi connectivity index (χ4v) is 2.01. The van der Waals surface area contributed by atoms with E-state index in [2.05, 4.69) is 36.0 Å². The van der Waals surface area contributed by atoms with Gasteiger partial charge in [-0.2, -0.15) is 0 Å². The third-order valence-electron chi connectivity index (χ3n) is 1.49. The van der Waals surface area contributed by atoms with E-state index in [1.807, 2.05) is 0 Å². The minimum absolute atomic E-state index is 0.231. The number of carbonyl (C=O) groups excluding carboxylic acids is 1. The van der Waals surface area contributed by atoms with Crippen molar-refractivity contribution in [3.8, 4) is 0 Å². The Morgan fingerprint density at radius 2 is 2.47 bits per heavy atom. The maximum atomic E-state index is 10.9. The van der Waals surface area contributed by atoms with Crippen molar-refractivity contribution in [3.63, 3.8) is 0 Å². The van der Waals surface area contributed by atoms with Gasteiger partial charge in [0, 0.05) is 13.2 Å². The maximum Gasteiger partial charge on any atom is 0.316 e. The molecule has 15 heavy (non-hydrogen) atoms. The van der Waals surface area contributed by atoms with Crippen LogP contribution in [0.25, 0.3) is 0 Å². The number of nitrogens with one attached hydrogen (secondary N) is 1. The minimum Gasteiger partial charge on any atom is -0.468 e. The molecule has 0 spiro atoms. The van der Waals surface area contributed by atoms with Crippen molar-refractivity contribution in [3.05, 3.63) is 10.7 Å². The number of anilines is 1. The summed E-state index contributed by atoms with van der Waals surface area (Å²) in [5.74, 6) is 0.469. The van der Waals surface area contributed by atoms with Crippen LogP contribution < -0.4 is 5.32 Å². The quantitative estimate of drug-likeness (QED) is 0.516. The van der Waals surface area contributed by atoms with Gasteiger partial charge in [0.2, 0.25) is 5.95 Å². The van der Waals surface area contributed by atoms with E-state index in [1.165, 1.54) is 18.9 Å². The lowest BCUT2D eigenvalue weighted by Crippen LogP contribution is -2.04. The topological polar surface area (TPSA) is 64.1 Å². The van der Waals surface area contributed by atoms with Crippen molar-refractivity contribution < 1.29 is 9.53 Å². The number of carbonyl (C=O) groups is 1. The third kappa shape index (κ3) is 3.67. The van der Waals surface area contributed by atoms with E-state index in [-0.39, 0.29) is 11.7 Å². The summed E-state index contributed by atoms with van der Waals surface area (Å²) in [5.41, 5.74) is 0. The van der Waals surface area contributed by atoms with E-state index < -0.39 is 0 Å². The van der Waals surface area contributed by atoms with Crippen LogP contribution in [0.15, 0.2) is 15.7 Å². The van der Waals surface area contributed by atoms with Crippen LogP contribution in [-0.2, 0) is 9.53 Å². The van der Waals surface area contributed by atoms with Gasteiger partial charge in [-0.05, 0) is 15.9 Å². The highest BCUT2D eigenvalue weighted by Gasteiger charge is 2.08. The van der Waals surface area contributed by atoms with Gasteiger partial charge in [0.1, 0.15) is 5.03 Å². The Morgan fingerprint density at radius 3 is 3.07 bits per heavy atom. The van der Waals surface area contributed by atoms with Gasteiger partial charge in [0.25, 0.3) is 0 Å². The number of halogens is 1. The number of thioether (sulfide) groups is 1. The molecule has 0 radical (unpaired) electrons. The summed E-state index contributed by atoms with van der Waals surface area (Å²) in [6, 6.07) is 0. The smallest absolute Gasteiger partial charge is 0.316 e. The molecule has 0 saturated heterocycles. The molecule has 0 atom stereocenters. The highest BCUT2D eigenvalue weighted by atomic mass is 79.9. The van der Waals surface area contributed by atoms with Crippen LogP contribution in [0.1, 0.15) is 0 Å². The molecular formula is C8H10BrN3O2S. The Morgan fingerprint density at radius 1 is 1.73 bits per heavy atom. The Hall–Kier alpha value is -0.820. The molecular weight excluding hydrogens is 282 g/mol.